The van der Waals surface area contributed by atoms with Gasteiger partial charge >= 0.3 is 5.97 Å². The summed E-state index contributed by atoms with van der Waals surface area (Å²) in [5.41, 5.74) is -0.833. The van der Waals surface area contributed by atoms with Gasteiger partial charge in [-0.2, -0.15) is 0 Å². The number of methoxy groups -OCH3 is 1. The molecule has 1 aliphatic rings. The summed E-state index contributed by atoms with van der Waals surface area (Å²) in [6.45, 7) is 3.25. The molecule has 1 aliphatic carbocycles. The van der Waals surface area contributed by atoms with Crippen LogP contribution in [0.15, 0.2) is 46.9 Å². The fraction of sp³-hybridized carbons (Fsp3) is 0.0968. The van der Waals surface area contributed by atoms with Crippen molar-refractivity contribution in [2.45, 2.75) is 13.8 Å². The maximum absolute atomic E-state index is 13.9. The summed E-state index contributed by atoms with van der Waals surface area (Å²) in [4.78, 5) is 53.4. The Kier molecular flexibility index (Phi) is 5.43. The highest BCUT2D eigenvalue weighted by molar-refractivity contribution is 6.34. The molecule has 1 aromatic heterocycles. The molecule has 41 heavy (non-hydrogen) atoms. The van der Waals surface area contributed by atoms with Crippen molar-refractivity contribution < 1.29 is 48.8 Å². The van der Waals surface area contributed by atoms with Crippen molar-refractivity contribution in [2.75, 3.05) is 7.11 Å². The van der Waals surface area contributed by atoms with Crippen LogP contribution in [-0.4, -0.2) is 50.9 Å². The van der Waals surface area contributed by atoms with Gasteiger partial charge in [-0.25, -0.2) is 4.79 Å². The molecule has 0 aliphatic heterocycles. The molecule has 10 nitrogen and oxygen atoms in total. The molecule has 6 rings (SSSR count). The van der Waals surface area contributed by atoms with E-state index in [0.717, 1.165) is 13.2 Å². The highest BCUT2D eigenvalue weighted by Gasteiger charge is 2.37. The maximum Gasteiger partial charge on any atom is 0.342 e. The number of benzene rings is 4. The fourth-order valence-corrected chi connectivity index (χ4v) is 5.48. The fourth-order valence-electron chi connectivity index (χ4n) is 5.48. The van der Waals surface area contributed by atoms with Crippen molar-refractivity contribution in [2.24, 2.45) is 0 Å². The summed E-state index contributed by atoms with van der Waals surface area (Å²) in [6, 6.07) is 8.97. The van der Waals surface area contributed by atoms with Crippen LogP contribution in [-0.2, 0) is 4.74 Å². The number of rotatable bonds is 3. The molecule has 1 heterocycles. The summed E-state index contributed by atoms with van der Waals surface area (Å²) in [7, 11) is 1.09. The lowest BCUT2D eigenvalue weighted by molar-refractivity contribution is 0.0594. The van der Waals surface area contributed by atoms with E-state index in [2.05, 4.69) is 0 Å². The number of furan rings is 1. The van der Waals surface area contributed by atoms with Gasteiger partial charge in [0.1, 0.15) is 39.7 Å². The molecule has 0 radical (unpaired) electrons. The van der Waals surface area contributed by atoms with Gasteiger partial charge in [-0.05, 0) is 61.4 Å². The minimum absolute atomic E-state index is 0.0147. The third kappa shape index (κ3) is 3.57. The number of carbonyl (C=O) groups excluding carboxylic acids is 4. The first-order chi connectivity index (χ1) is 19.4. The zero-order valence-corrected chi connectivity index (χ0v) is 21.8. The zero-order valence-electron chi connectivity index (χ0n) is 21.8. The summed E-state index contributed by atoms with van der Waals surface area (Å²) >= 11 is 0. The number of hydrogen-bond acceptors (Lipinski definition) is 10. The number of hydrogen-bond donors (Lipinski definition) is 4. The molecule has 0 atom stereocenters. The monoisotopic (exact) mass is 552 g/mol. The maximum atomic E-state index is 13.9. The molecular weight excluding hydrogens is 532 g/mol. The van der Waals surface area contributed by atoms with Crippen molar-refractivity contribution in [3.05, 3.63) is 92.5 Å². The molecule has 0 saturated carbocycles. The number of phenolic OH excluding ortho intramolecular Hbond substituents is 4. The van der Waals surface area contributed by atoms with Gasteiger partial charge in [0, 0.05) is 33.7 Å². The molecule has 4 N–H and O–H groups in total. The number of ketones is 3. The van der Waals surface area contributed by atoms with E-state index in [-0.39, 0.29) is 61.1 Å². The van der Waals surface area contributed by atoms with Crippen molar-refractivity contribution >= 4 is 45.3 Å². The third-order valence-electron chi connectivity index (χ3n) is 7.17. The van der Waals surface area contributed by atoms with Gasteiger partial charge < -0.3 is 29.6 Å². The second-order valence-electron chi connectivity index (χ2n) is 9.88. The topological polar surface area (TPSA) is 172 Å². The van der Waals surface area contributed by atoms with Crippen LogP contribution < -0.4 is 0 Å². The summed E-state index contributed by atoms with van der Waals surface area (Å²) in [5.74, 6) is -5.20. The lowest BCUT2D eigenvalue weighted by atomic mass is 9.81. The Labute approximate surface area is 230 Å². The number of fused-ring (bicyclic) bond motifs is 5. The predicted molar refractivity (Wildman–Crippen MR) is 144 cm³/mol. The third-order valence-corrected chi connectivity index (χ3v) is 7.17. The van der Waals surface area contributed by atoms with Crippen LogP contribution in [0.25, 0.3) is 21.9 Å². The van der Waals surface area contributed by atoms with Crippen molar-refractivity contribution in [1.29, 1.82) is 0 Å². The number of phenols is 4. The summed E-state index contributed by atoms with van der Waals surface area (Å²) < 4.78 is 10.6. The molecule has 0 amide bonds. The van der Waals surface area contributed by atoms with Crippen molar-refractivity contribution in [3.63, 3.8) is 0 Å². The van der Waals surface area contributed by atoms with Gasteiger partial charge in [0.25, 0.3) is 0 Å². The van der Waals surface area contributed by atoms with E-state index < -0.39 is 46.1 Å². The van der Waals surface area contributed by atoms with Gasteiger partial charge in [-0.3, -0.25) is 14.4 Å². The zero-order chi connectivity index (χ0) is 29.5. The van der Waals surface area contributed by atoms with Crippen LogP contribution >= 0.6 is 0 Å². The smallest absolute Gasteiger partial charge is 0.342 e. The standard InChI is InChI=1S/C31H20O10/c1-11-4-14-22(18(33)6-11)29(37)25-17(27(14)35)10-21-26(30(25)38)24-16(8-13(32)9-20(24)41-21)28(36)15-5-12(2)7-19(34)23(15)31(39)40-3/h4-10,32-34,38H,1-3H3. The molecule has 0 saturated heterocycles. The van der Waals surface area contributed by atoms with Crippen LogP contribution in [0.4, 0.5) is 0 Å². The molecule has 4 aromatic carbocycles. The minimum atomic E-state index is -0.978. The average molecular weight is 552 g/mol. The van der Waals surface area contributed by atoms with E-state index in [1.165, 1.54) is 36.4 Å². The highest BCUT2D eigenvalue weighted by Crippen LogP contribution is 2.46. The number of aromatic hydroxyl groups is 4. The Hall–Kier alpha value is -5.64. The van der Waals surface area contributed by atoms with E-state index in [0.29, 0.717) is 11.1 Å². The van der Waals surface area contributed by atoms with E-state index in [1.807, 2.05) is 0 Å². The molecule has 5 aromatic rings. The van der Waals surface area contributed by atoms with E-state index >= 15 is 0 Å². The van der Waals surface area contributed by atoms with Gasteiger partial charge in [-0.15, -0.1) is 0 Å². The lowest BCUT2D eigenvalue weighted by Crippen LogP contribution is -2.21. The predicted octanol–water partition coefficient (Wildman–Crippen LogP) is 4.82. The van der Waals surface area contributed by atoms with E-state index in [1.54, 1.807) is 13.8 Å². The van der Waals surface area contributed by atoms with Gasteiger partial charge in [-0.1, -0.05) is 0 Å². The van der Waals surface area contributed by atoms with E-state index in [9.17, 15) is 39.6 Å². The van der Waals surface area contributed by atoms with E-state index in [4.69, 9.17) is 9.15 Å². The Balaban J connectivity index is 1.67. The lowest BCUT2D eigenvalue weighted by Gasteiger charge is -2.20. The molecule has 204 valence electrons. The Morgan fingerprint density at radius 2 is 1.34 bits per heavy atom. The highest BCUT2D eigenvalue weighted by atomic mass is 16.5. The van der Waals surface area contributed by atoms with Crippen LogP contribution in [0.1, 0.15) is 69.2 Å². The van der Waals surface area contributed by atoms with Gasteiger partial charge in [0.15, 0.2) is 11.6 Å². The SMILES string of the molecule is COC(=O)c1c(O)cc(C)cc1C(=O)c1cc(O)cc2oc3cc4c(c(O)c3c12)C(=O)c1c(O)cc(C)cc1C4=O. The van der Waals surface area contributed by atoms with Crippen LogP contribution in [0, 0.1) is 13.8 Å². The Bertz CT molecular complexity index is 2060. The molecule has 0 unspecified atom stereocenters. The van der Waals surface area contributed by atoms with Gasteiger partial charge in [0.2, 0.25) is 5.78 Å². The second kappa shape index (κ2) is 8.68. The van der Waals surface area contributed by atoms with Crippen molar-refractivity contribution in [1.82, 2.24) is 0 Å². The number of esters is 1. The molecule has 10 heteroatoms. The first-order valence-corrected chi connectivity index (χ1v) is 12.3. The first-order valence-electron chi connectivity index (χ1n) is 12.3. The number of aryl methyl sites for hydroxylation is 2. The quantitative estimate of drug-likeness (QED) is 0.176. The number of ether oxygens (including phenoxy) is 1. The van der Waals surface area contributed by atoms with Crippen LogP contribution in [0.2, 0.25) is 0 Å². The van der Waals surface area contributed by atoms with Gasteiger partial charge in [0.05, 0.1) is 23.6 Å². The Morgan fingerprint density at radius 1 is 0.707 bits per heavy atom. The first kappa shape index (κ1) is 25.6. The molecular formula is C31H20O10. The summed E-state index contributed by atoms with van der Waals surface area (Å²) in [5, 5.41) is 42.8. The van der Waals surface area contributed by atoms with Crippen LogP contribution in [0.3, 0.4) is 0 Å². The second-order valence-corrected chi connectivity index (χ2v) is 9.88. The average Bonchev–Trinajstić information content (AvgIpc) is 3.27. The normalized spacial score (nSPS) is 12.5. The Morgan fingerprint density at radius 3 is 2.05 bits per heavy atom. The van der Waals surface area contributed by atoms with Crippen molar-refractivity contribution in [3.8, 4) is 23.0 Å². The minimum Gasteiger partial charge on any atom is -0.508 e. The van der Waals surface area contributed by atoms with Crippen LogP contribution in [0.5, 0.6) is 23.0 Å². The largest absolute Gasteiger partial charge is 0.508 e. The molecule has 0 bridgehead atoms. The summed E-state index contributed by atoms with van der Waals surface area (Å²) in [6.07, 6.45) is 0. The molecule has 0 fully saturated rings. The molecule has 0 spiro atoms. The number of carbonyl (C=O) groups is 4.